The summed E-state index contributed by atoms with van der Waals surface area (Å²) in [5.74, 6) is -0.346. The van der Waals surface area contributed by atoms with E-state index in [0.717, 1.165) is 3.57 Å². The molecule has 0 atom stereocenters. The smallest absolute Gasteiger partial charge is 0.269 e. The molecule has 1 heterocycles. The fraction of sp³-hybridized carbons (Fsp3) is 0.235. The number of amides is 1. The average Bonchev–Trinajstić information content (AvgIpc) is 2.59. The normalized spacial score (nSPS) is 10.4. The number of nitrogens with zero attached hydrogens (tertiary/aromatic N) is 2. The van der Waals surface area contributed by atoms with Crippen molar-refractivity contribution in [2.24, 2.45) is 0 Å². The first kappa shape index (κ1) is 19.6. The van der Waals surface area contributed by atoms with Gasteiger partial charge in [-0.1, -0.05) is 0 Å². The summed E-state index contributed by atoms with van der Waals surface area (Å²) in [5, 5.41) is 12.1. The van der Waals surface area contributed by atoms with E-state index in [1.54, 1.807) is 19.1 Å². The number of hydrogen-bond acceptors (Lipinski definition) is 4. The van der Waals surface area contributed by atoms with Gasteiger partial charge < -0.3 is 14.6 Å². The van der Waals surface area contributed by atoms with E-state index >= 15 is 0 Å². The minimum Gasteiger partial charge on any atom is -0.380 e. The summed E-state index contributed by atoms with van der Waals surface area (Å²) in [7, 11) is 1.49. The summed E-state index contributed by atoms with van der Waals surface area (Å²) < 4.78 is 7.99. The van der Waals surface area contributed by atoms with Gasteiger partial charge in [0.25, 0.3) is 5.56 Å². The predicted octanol–water partition coefficient (Wildman–Crippen LogP) is 3.18. The summed E-state index contributed by atoms with van der Waals surface area (Å²) in [6, 6.07) is 9.23. The SMILES string of the molecule is COCc1c(Br)c(C)n(CC(=O)Nc2ccc(I)cc2)c(=O)c1C#N. The van der Waals surface area contributed by atoms with Gasteiger partial charge >= 0.3 is 0 Å². The molecule has 0 unspecified atom stereocenters. The molecule has 0 bridgehead atoms. The standard InChI is InChI=1S/C17H15BrIN3O3/c1-10-16(18)14(9-25-2)13(7-20)17(24)22(10)8-15(23)21-12-5-3-11(19)4-6-12/h3-6H,8-9H2,1-2H3,(H,21,23). The maximum atomic E-state index is 12.6. The van der Waals surface area contributed by atoms with Gasteiger partial charge in [0.15, 0.2) is 0 Å². The summed E-state index contributed by atoms with van der Waals surface area (Å²) in [6.07, 6.45) is 0. The zero-order valence-corrected chi connectivity index (χ0v) is 17.3. The van der Waals surface area contributed by atoms with E-state index in [-0.39, 0.29) is 24.6 Å². The van der Waals surface area contributed by atoms with Gasteiger partial charge in [0.1, 0.15) is 18.2 Å². The van der Waals surface area contributed by atoms with Gasteiger partial charge in [-0.25, -0.2) is 0 Å². The van der Waals surface area contributed by atoms with Crippen molar-refractivity contribution in [2.75, 3.05) is 12.4 Å². The molecule has 25 heavy (non-hydrogen) atoms. The zero-order chi connectivity index (χ0) is 18.6. The molecule has 130 valence electrons. The fourth-order valence-corrected chi connectivity index (χ4v) is 3.21. The second kappa shape index (κ2) is 8.60. The molecule has 8 heteroatoms. The van der Waals surface area contributed by atoms with E-state index < -0.39 is 5.56 Å². The first-order chi connectivity index (χ1) is 11.9. The number of rotatable bonds is 5. The van der Waals surface area contributed by atoms with Crippen molar-refractivity contribution in [1.29, 1.82) is 5.26 Å². The third-order valence-corrected chi connectivity index (χ3v) is 5.35. The van der Waals surface area contributed by atoms with Crippen LogP contribution in [0, 0.1) is 21.8 Å². The lowest BCUT2D eigenvalue weighted by Gasteiger charge is -2.16. The maximum absolute atomic E-state index is 12.6. The first-order valence-electron chi connectivity index (χ1n) is 7.25. The third-order valence-electron chi connectivity index (χ3n) is 3.58. The topological polar surface area (TPSA) is 84.1 Å². The van der Waals surface area contributed by atoms with Crippen molar-refractivity contribution in [3.8, 4) is 6.07 Å². The second-order valence-corrected chi connectivity index (χ2v) is 7.28. The second-order valence-electron chi connectivity index (χ2n) is 5.24. The van der Waals surface area contributed by atoms with Crippen LogP contribution in [0.3, 0.4) is 0 Å². The van der Waals surface area contributed by atoms with Gasteiger partial charge in [0.2, 0.25) is 5.91 Å². The van der Waals surface area contributed by atoms with Crippen LogP contribution in [0.2, 0.25) is 0 Å². The van der Waals surface area contributed by atoms with Crippen LogP contribution in [0.15, 0.2) is 33.5 Å². The van der Waals surface area contributed by atoms with Gasteiger partial charge in [-0.15, -0.1) is 0 Å². The number of nitriles is 1. The Morgan fingerprint density at radius 1 is 1.40 bits per heavy atom. The Balaban J connectivity index is 2.34. The molecule has 1 aromatic heterocycles. The third kappa shape index (κ3) is 4.48. The van der Waals surface area contributed by atoms with E-state index in [4.69, 9.17) is 4.74 Å². The van der Waals surface area contributed by atoms with Crippen LogP contribution in [-0.2, 0) is 22.7 Å². The lowest BCUT2D eigenvalue weighted by molar-refractivity contribution is -0.116. The molecule has 0 fully saturated rings. The number of methoxy groups -OCH3 is 1. The Morgan fingerprint density at radius 2 is 2.04 bits per heavy atom. The molecule has 6 nitrogen and oxygen atoms in total. The van der Waals surface area contributed by atoms with Crippen LogP contribution >= 0.6 is 38.5 Å². The highest BCUT2D eigenvalue weighted by Crippen LogP contribution is 2.23. The number of halogens is 2. The summed E-state index contributed by atoms with van der Waals surface area (Å²) in [5.41, 5.74) is 1.16. The summed E-state index contributed by atoms with van der Waals surface area (Å²) >= 11 is 5.57. The highest BCUT2D eigenvalue weighted by molar-refractivity contribution is 14.1. The Kier molecular flexibility index (Phi) is 6.75. The monoisotopic (exact) mass is 515 g/mol. The number of carbonyl (C=O) groups is 1. The van der Waals surface area contributed by atoms with Gasteiger partial charge in [0, 0.05) is 32.1 Å². The largest absolute Gasteiger partial charge is 0.380 e. The van der Waals surface area contributed by atoms with Crippen LogP contribution in [0.25, 0.3) is 0 Å². The Morgan fingerprint density at radius 3 is 2.60 bits per heavy atom. The fourth-order valence-electron chi connectivity index (χ4n) is 2.33. The molecule has 0 radical (unpaired) electrons. The lowest BCUT2D eigenvalue weighted by atomic mass is 10.1. The van der Waals surface area contributed by atoms with Gasteiger partial charge in [0.05, 0.1) is 6.61 Å². The minimum atomic E-state index is -0.506. The lowest BCUT2D eigenvalue weighted by Crippen LogP contribution is -2.32. The number of benzene rings is 1. The number of ether oxygens (including phenoxy) is 1. The number of aromatic nitrogens is 1. The molecular formula is C17H15BrIN3O3. The molecule has 1 aromatic carbocycles. The molecular weight excluding hydrogens is 501 g/mol. The molecule has 1 N–H and O–H groups in total. The van der Waals surface area contributed by atoms with Gasteiger partial charge in [-0.2, -0.15) is 5.26 Å². The first-order valence-corrected chi connectivity index (χ1v) is 9.12. The molecule has 0 aliphatic heterocycles. The van der Waals surface area contributed by atoms with Crippen LogP contribution in [0.1, 0.15) is 16.8 Å². The number of nitrogens with one attached hydrogen (secondary N) is 1. The minimum absolute atomic E-state index is 0.0265. The van der Waals surface area contributed by atoms with E-state index in [1.807, 2.05) is 18.2 Å². The number of anilines is 1. The molecule has 0 aliphatic carbocycles. The van der Waals surface area contributed by atoms with E-state index in [1.165, 1.54) is 11.7 Å². The molecule has 0 spiro atoms. The Bertz CT molecular complexity index is 901. The number of pyridine rings is 1. The van der Waals surface area contributed by atoms with Gasteiger partial charge in [-0.05, 0) is 69.7 Å². The molecule has 2 rings (SSSR count). The van der Waals surface area contributed by atoms with Crippen LogP contribution < -0.4 is 10.9 Å². The van der Waals surface area contributed by atoms with Crippen LogP contribution in [-0.4, -0.2) is 17.6 Å². The highest BCUT2D eigenvalue weighted by Gasteiger charge is 2.19. The van der Waals surface area contributed by atoms with Crippen molar-refractivity contribution in [3.63, 3.8) is 0 Å². The molecule has 2 aromatic rings. The quantitative estimate of drug-likeness (QED) is 0.620. The Hall–Kier alpha value is -1.70. The van der Waals surface area contributed by atoms with Crippen molar-refractivity contribution in [3.05, 3.63) is 59.5 Å². The number of carbonyl (C=O) groups excluding carboxylic acids is 1. The predicted molar refractivity (Wildman–Crippen MR) is 106 cm³/mol. The molecule has 0 aliphatic rings. The molecule has 1 amide bonds. The van der Waals surface area contributed by atoms with Crippen molar-refractivity contribution >= 4 is 50.1 Å². The number of hydrogen-bond donors (Lipinski definition) is 1. The maximum Gasteiger partial charge on any atom is 0.269 e. The average molecular weight is 516 g/mol. The van der Waals surface area contributed by atoms with E-state index in [0.29, 0.717) is 21.4 Å². The van der Waals surface area contributed by atoms with E-state index in [2.05, 4.69) is 43.8 Å². The van der Waals surface area contributed by atoms with Crippen molar-refractivity contribution in [1.82, 2.24) is 4.57 Å². The Labute approximate surface area is 167 Å². The van der Waals surface area contributed by atoms with Gasteiger partial charge in [-0.3, -0.25) is 9.59 Å². The zero-order valence-electron chi connectivity index (χ0n) is 13.6. The van der Waals surface area contributed by atoms with Crippen molar-refractivity contribution in [2.45, 2.75) is 20.1 Å². The summed E-state index contributed by atoms with van der Waals surface area (Å²) in [4.78, 5) is 24.9. The molecule has 0 saturated carbocycles. The summed E-state index contributed by atoms with van der Waals surface area (Å²) in [6.45, 7) is 1.66. The highest BCUT2D eigenvalue weighted by atomic mass is 127. The molecule has 0 saturated heterocycles. The van der Waals surface area contributed by atoms with Crippen molar-refractivity contribution < 1.29 is 9.53 Å². The van der Waals surface area contributed by atoms with E-state index in [9.17, 15) is 14.9 Å². The van der Waals surface area contributed by atoms with Crippen LogP contribution in [0.4, 0.5) is 5.69 Å². The van der Waals surface area contributed by atoms with Crippen LogP contribution in [0.5, 0.6) is 0 Å².